The van der Waals surface area contributed by atoms with Crippen LogP contribution in [-0.4, -0.2) is 18.8 Å². The van der Waals surface area contributed by atoms with Crippen LogP contribution in [0.25, 0.3) is 0 Å². The van der Waals surface area contributed by atoms with Gasteiger partial charge in [-0.2, -0.15) is 0 Å². The van der Waals surface area contributed by atoms with Gasteiger partial charge in [0.15, 0.2) is 0 Å². The minimum absolute atomic E-state index is 0.115. The van der Waals surface area contributed by atoms with E-state index >= 15 is 0 Å². The average molecular weight is 264 g/mol. The molecule has 0 unspecified atom stereocenters. The summed E-state index contributed by atoms with van der Waals surface area (Å²) < 4.78 is 0. The smallest absolute Gasteiger partial charge is 0.287 e. The van der Waals surface area contributed by atoms with Gasteiger partial charge in [-0.15, -0.1) is 0 Å². The molecule has 1 saturated carbocycles. The highest BCUT2D eigenvalue weighted by molar-refractivity contribution is 6.10. The molecule has 4 nitrogen and oxygen atoms in total. The topological polar surface area (TPSA) is 55.2 Å². The van der Waals surface area contributed by atoms with Crippen molar-refractivity contribution >= 4 is 7.85 Å². The Kier molecular flexibility index (Phi) is 9.01. The summed E-state index contributed by atoms with van der Waals surface area (Å²) in [6.07, 6.45) is 6.64. The van der Waals surface area contributed by atoms with Crippen molar-refractivity contribution in [1.29, 1.82) is 0 Å². The largest absolute Gasteiger partial charge is 0.380 e. The first-order chi connectivity index (χ1) is 8.92. The molecule has 1 fully saturated rings. The van der Waals surface area contributed by atoms with Crippen LogP contribution in [0.4, 0.5) is 0 Å². The summed E-state index contributed by atoms with van der Waals surface area (Å²) in [5.41, 5.74) is 0.825. The predicted octanol–water partition coefficient (Wildman–Crippen LogP) is 3.59. The zero-order chi connectivity index (χ0) is 14.8. The molecule has 0 amide bonds. The van der Waals surface area contributed by atoms with E-state index in [2.05, 4.69) is 11.9 Å². The van der Waals surface area contributed by atoms with Crippen molar-refractivity contribution in [2.75, 3.05) is 0 Å². The molecule has 2 radical (unpaired) electrons. The van der Waals surface area contributed by atoms with Gasteiger partial charge in [0.1, 0.15) is 0 Å². The lowest BCUT2D eigenvalue weighted by Crippen LogP contribution is -2.27. The predicted molar refractivity (Wildman–Crippen MR) is 80.8 cm³/mol. The molecule has 5 heteroatoms. The van der Waals surface area contributed by atoms with Crippen molar-refractivity contribution in [2.45, 2.75) is 64.7 Å². The van der Waals surface area contributed by atoms with Gasteiger partial charge in [0.2, 0.25) is 0 Å². The van der Waals surface area contributed by atoms with Gasteiger partial charge in [0, 0.05) is 12.1 Å². The Labute approximate surface area is 117 Å². The zero-order valence-corrected chi connectivity index (χ0v) is 12.3. The number of rotatable bonds is 5. The molecule has 0 bridgehead atoms. The number of allylic oxidation sites excluding steroid dienone is 2. The summed E-state index contributed by atoms with van der Waals surface area (Å²) in [6.45, 7) is 9.30. The number of nitrogens with one attached hydrogen (secondary N) is 1. The zero-order valence-electron chi connectivity index (χ0n) is 12.3. The summed E-state index contributed by atoms with van der Waals surface area (Å²) >= 11 is 0. The van der Waals surface area contributed by atoms with E-state index in [0.717, 1.165) is 12.8 Å². The van der Waals surface area contributed by atoms with Crippen molar-refractivity contribution in [3.05, 3.63) is 34.2 Å². The summed E-state index contributed by atoms with van der Waals surface area (Å²) in [7, 11) is 5.11. The van der Waals surface area contributed by atoms with Gasteiger partial charge in [-0.1, -0.05) is 46.0 Å². The Morgan fingerprint density at radius 1 is 1.53 bits per heavy atom. The van der Waals surface area contributed by atoms with E-state index in [-0.39, 0.29) is 10.6 Å². The lowest BCUT2D eigenvalue weighted by molar-refractivity contribution is -0.420. The van der Waals surface area contributed by atoms with Crippen LogP contribution in [-0.2, 0) is 0 Å². The Hall–Kier alpha value is -1.26. The van der Waals surface area contributed by atoms with Crippen LogP contribution in [0.1, 0.15) is 52.9 Å². The number of hydrogen-bond donors (Lipinski definition) is 1. The van der Waals surface area contributed by atoms with E-state index in [0.29, 0.717) is 24.0 Å². The van der Waals surface area contributed by atoms with Crippen molar-refractivity contribution in [3.63, 3.8) is 0 Å². The standard InChI is InChI=1S/C11H18N2O2.C3H7B/c1-3-10(11(4-2)13(14)15)12-9-7-5-6-8-9;1-3(2)4/h4,9,12H,2-3,5-8H2,1H3;3H,1-2H3/b11-10-;. The second kappa shape index (κ2) is 9.65. The molecule has 106 valence electrons. The highest BCUT2D eigenvalue weighted by atomic mass is 16.6. The second-order valence-electron chi connectivity index (χ2n) is 5.05. The molecule has 0 aliphatic heterocycles. The SMILES string of the molecule is C=C/C(=C(\CC)NC1CCCC1)[N+](=O)[O-].[B]C(C)C. The molecular weight excluding hydrogens is 239 g/mol. The van der Waals surface area contributed by atoms with Gasteiger partial charge in [0.25, 0.3) is 5.70 Å². The molecule has 0 saturated heterocycles. The van der Waals surface area contributed by atoms with E-state index in [9.17, 15) is 10.1 Å². The van der Waals surface area contributed by atoms with Crippen LogP contribution >= 0.6 is 0 Å². The van der Waals surface area contributed by atoms with Gasteiger partial charge in [-0.25, -0.2) is 0 Å². The summed E-state index contributed by atoms with van der Waals surface area (Å²) in [6, 6.07) is 0.412. The lowest BCUT2D eigenvalue weighted by Gasteiger charge is -2.15. The van der Waals surface area contributed by atoms with E-state index in [1.165, 1.54) is 18.9 Å². The van der Waals surface area contributed by atoms with E-state index < -0.39 is 0 Å². The quantitative estimate of drug-likeness (QED) is 0.357. The summed E-state index contributed by atoms with van der Waals surface area (Å²) in [5, 5.41) is 14.0. The fourth-order valence-corrected chi connectivity index (χ4v) is 1.98. The number of nitrogens with zero attached hydrogens (tertiary/aromatic N) is 1. The highest BCUT2D eigenvalue weighted by Crippen LogP contribution is 2.20. The van der Waals surface area contributed by atoms with Crippen molar-refractivity contribution < 1.29 is 4.92 Å². The van der Waals surface area contributed by atoms with Crippen LogP contribution < -0.4 is 5.32 Å². The van der Waals surface area contributed by atoms with Crippen LogP contribution in [0.15, 0.2) is 24.0 Å². The van der Waals surface area contributed by atoms with Crippen LogP contribution in [0.2, 0.25) is 5.82 Å². The Bertz CT molecular complexity index is 319. The molecule has 1 rings (SSSR count). The normalized spacial score (nSPS) is 16.4. The van der Waals surface area contributed by atoms with E-state index in [1.807, 2.05) is 20.8 Å². The molecule has 0 aromatic rings. The van der Waals surface area contributed by atoms with Crippen molar-refractivity contribution in [3.8, 4) is 0 Å². The number of nitro groups is 1. The van der Waals surface area contributed by atoms with Crippen LogP contribution in [0.5, 0.6) is 0 Å². The molecule has 1 aliphatic rings. The van der Waals surface area contributed by atoms with Crippen molar-refractivity contribution in [1.82, 2.24) is 5.32 Å². The van der Waals surface area contributed by atoms with Gasteiger partial charge < -0.3 is 5.32 Å². The minimum Gasteiger partial charge on any atom is -0.380 e. The Balaban J connectivity index is 0.000000711. The Morgan fingerprint density at radius 2 is 2.00 bits per heavy atom. The van der Waals surface area contributed by atoms with Crippen LogP contribution in [0.3, 0.4) is 0 Å². The molecule has 0 spiro atoms. The van der Waals surface area contributed by atoms with E-state index in [1.54, 1.807) is 0 Å². The maximum Gasteiger partial charge on any atom is 0.287 e. The van der Waals surface area contributed by atoms with Gasteiger partial charge >= 0.3 is 0 Å². The minimum atomic E-state index is -0.367. The molecule has 0 aromatic heterocycles. The molecule has 1 N–H and O–H groups in total. The highest BCUT2D eigenvalue weighted by Gasteiger charge is 2.19. The number of hydrogen-bond acceptors (Lipinski definition) is 3. The molecule has 0 atom stereocenters. The third kappa shape index (κ3) is 7.70. The first kappa shape index (κ1) is 17.7. The van der Waals surface area contributed by atoms with Gasteiger partial charge in [-0.05, 0) is 19.3 Å². The maximum atomic E-state index is 10.7. The molecule has 0 aromatic carbocycles. The average Bonchev–Trinajstić information content (AvgIpc) is 2.80. The third-order valence-corrected chi connectivity index (χ3v) is 2.79. The fourth-order valence-electron chi connectivity index (χ4n) is 1.98. The summed E-state index contributed by atoms with van der Waals surface area (Å²) in [4.78, 5) is 10.4. The molecule has 19 heavy (non-hydrogen) atoms. The maximum absolute atomic E-state index is 10.7. The molecule has 1 aliphatic carbocycles. The molecular formula is C14H25BN2O2. The van der Waals surface area contributed by atoms with Crippen LogP contribution in [0, 0.1) is 10.1 Å². The van der Waals surface area contributed by atoms with Crippen molar-refractivity contribution in [2.24, 2.45) is 0 Å². The Morgan fingerprint density at radius 3 is 2.32 bits per heavy atom. The third-order valence-electron chi connectivity index (χ3n) is 2.79. The second-order valence-corrected chi connectivity index (χ2v) is 5.05. The van der Waals surface area contributed by atoms with Gasteiger partial charge in [-0.3, -0.25) is 10.1 Å². The first-order valence-corrected chi connectivity index (χ1v) is 6.94. The lowest BCUT2D eigenvalue weighted by atomic mass is 9.93. The summed E-state index contributed by atoms with van der Waals surface area (Å²) in [5.74, 6) is 0.333. The monoisotopic (exact) mass is 264 g/mol. The van der Waals surface area contributed by atoms with Gasteiger partial charge in [0.05, 0.1) is 18.5 Å². The molecule has 0 heterocycles. The first-order valence-electron chi connectivity index (χ1n) is 6.94. The van der Waals surface area contributed by atoms with E-state index in [4.69, 9.17) is 7.85 Å². The fraction of sp³-hybridized carbons (Fsp3) is 0.714.